The second kappa shape index (κ2) is 9.97. The molecule has 0 spiro atoms. The number of hydrogen-bond acceptors (Lipinski definition) is 6. The van der Waals surface area contributed by atoms with Gasteiger partial charge in [-0.2, -0.15) is 0 Å². The van der Waals surface area contributed by atoms with Crippen molar-refractivity contribution in [2.24, 2.45) is 5.92 Å². The third kappa shape index (κ3) is 5.08. The van der Waals surface area contributed by atoms with E-state index in [-0.39, 0.29) is 12.0 Å². The first-order chi connectivity index (χ1) is 12.6. The van der Waals surface area contributed by atoms with Gasteiger partial charge in [0.25, 0.3) is 0 Å². The van der Waals surface area contributed by atoms with Gasteiger partial charge in [-0.3, -0.25) is 9.69 Å². The molecule has 1 aromatic rings. The maximum Gasteiger partial charge on any atom is 0.150 e. The van der Waals surface area contributed by atoms with Gasteiger partial charge in [0.05, 0.1) is 6.04 Å². The number of nitrogens with zero attached hydrogens (tertiary/aromatic N) is 2. The highest BCUT2D eigenvalue weighted by Crippen LogP contribution is 2.25. The van der Waals surface area contributed by atoms with Crippen LogP contribution in [0, 0.1) is 5.92 Å². The fourth-order valence-electron chi connectivity index (χ4n) is 3.35. The van der Waals surface area contributed by atoms with Crippen LogP contribution in [0.15, 0.2) is 18.2 Å². The van der Waals surface area contributed by atoms with Gasteiger partial charge in [0.2, 0.25) is 0 Å². The molecule has 1 unspecified atom stereocenters. The van der Waals surface area contributed by atoms with Crippen LogP contribution in [0.2, 0.25) is 0 Å². The minimum Gasteiger partial charge on any atom is -0.371 e. The van der Waals surface area contributed by atoms with Gasteiger partial charge >= 0.3 is 0 Å². The molecular weight excluding hydrogens is 332 g/mol. The quantitative estimate of drug-likeness (QED) is 0.595. The lowest BCUT2D eigenvalue weighted by atomic mass is 9.97. The monoisotopic (exact) mass is 358 g/mol. The molecule has 1 heterocycles. The van der Waals surface area contributed by atoms with E-state index in [4.69, 9.17) is 0 Å². The smallest absolute Gasteiger partial charge is 0.150 e. The third-order valence-electron chi connectivity index (χ3n) is 5.07. The van der Waals surface area contributed by atoms with Crippen LogP contribution in [0.1, 0.15) is 41.6 Å². The van der Waals surface area contributed by atoms with Gasteiger partial charge in [-0.15, -0.1) is 0 Å². The highest BCUT2D eigenvalue weighted by molar-refractivity contribution is 5.78. The zero-order valence-electron chi connectivity index (χ0n) is 15.2. The Morgan fingerprint density at radius 1 is 1.19 bits per heavy atom. The predicted molar refractivity (Wildman–Crippen MR) is 99.4 cm³/mol. The van der Waals surface area contributed by atoms with E-state index in [2.05, 4.69) is 4.90 Å². The van der Waals surface area contributed by atoms with E-state index < -0.39 is 0 Å². The zero-order valence-corrected chi connectivity index (χ0v) is 15.2. The lowest BCUT2D eigenvalue weighted by Crippen LogP contribution is -2.35. The maximum atomic E-state index is 11.4. The van der Waals surface area contributed by atoms with Gasteiger partial charge < -0.3 is 19.3 Å². The molecule has 140 valence electrons. The summed E-state index contributed by atoms with van der Waals surface area (Å²) < 4.78 is 0. The van der Waals surface area contributed by atoms with Crippen molar-refractivity contribution in [1.82, 2.24) is 4.90 Å². The Morgan fingerprint density at radius 2 is 1.92 bits per heavy atom. The number of aldehydes is 4. The second-order valence-corrected chi connectivity index (χ2v) is 6.82. The summed E-state index contributed by atoms with van der Waals surface area (Å²) in [5.41, 5.74) is 2.48. The molecule has 0 saturated carbocycles. The first-order valence-corrected chi connectivity index (χ1v) is 9.00. The van der Waals surface area contributed by atoms with E-state index in [0.717, 1.165) is 62.3 Å². The van der Waals surface area contributed by atoms with Gasteiger partial charge in [0.1, 0.15) is 25.1 Å². The van der Waals surface area contributed by atoms with Crippen molar-refractivity contribution >= 4 is 30.8 Å². The number of benzene rings is 1. The lowest BCUT2D eigenvalue weighted by Gasteiger charge is -2.32. The summed E-state index contributed by atoms with van der Waals surface area (Å²) >= 11 is 0. The molecule has 26 heavy (non-hydrogen) atoms. The second-order valence-electron chi connectivity index (χ2n) is 6.82. The van der Waals surface area contributed by atoms with Crippen LogP contribution in [0.4, 0.5) is 5.69 Å². The Hall–Kier alpha value is -2.34. The Labute approximate surface area is 154 Å². The highest BCUT2D eigenvalue weighted by atomic mass is 16.1. The molecular formula is C20H26N2O4. The summed E-state index contributed by atoms with van der Waals surface area (Å²) in [6, 6.07) is 5.37. The molecule has 0 N–H and O–H groups in total. The SMILES string of the molecule is CN(Cc1cc(N2CCC(C=O)CC2)ccc1C=O)C(C=O)CCC=O. The number of carbonyl (C=O) groups excluding carboxylic acids is 4. The zero-order chi connectivity index (χ0) is 18.9. The van der Waals surface area contributed by atoms with Crippen LogP contribution in [-0.2, 0) is 20.9 Å². The van der Waals surface area contributed by atoms with Crippen LogP contribution in [0.25, 0.3) is 0 Å². The molecule has 0 aromatic heterocycles. The Balaban J connectivity index is 2.13. The molecule has 1 fully saturated rings. The minimum atomic E-state index is -0.355. The Morgan fingerprint density at radius 3 is 2.50 bits per heavy atom. The van der Waals surface area contributed by atoms with E-state index in [1.165, 1.54) is 0 Å². The minimum absolute atomic E-state index is 0.136. The van der Waals surface area contributed by atoms with E-state index in [1.54, 1.807) is 6.07 Å². The van der Waals surface area contributed by atoms with Crippen LogP contribution in [0.3, 0.4) is 0 Å². The van der Waals surface area contributed by atoms with Gasteiger partial charge in [0, 0.05) is 43.2 Å². The molecule has 0 amide bonds. The van der Waals surface area contributed by atoms with Crippen LogP contribution in [0.5, 0.6) is 0 Å². The lowest BCUT2D eigenvalue weighted by molar-refractivity contribution is -0.113. The fourth-order valence-corrected chi connectivity index (χ4v) is 3.35. The summed E-state index contributed by atoms with van der Waals surface area (Å²) in [5.74, 6) is 0.136. The molecule has 1 saturated heterocycles. The predicted octanol–water partition coefficient (Wildman–Crippen LogP) is 1.89. The molecule has 1 aliphatic heterocycles. The molecule has 1 atom stereocenters. The first kappa shape index (κ1) is 20.0. The molecule has 2 rings (SSSR count). The first-order valence-electron chi connectivity index (χ1n) is 9.00. The number of likely N-dealkylation sites (N-methyl/N-ethyl adjacent to an activating group) is 1. The van der Waals surface area contributed by atoms with Crippen LogP contribution in [-0.4, -0.2) is 56.2 Å². The van der Waals surface area contributed by atoms with Crippen molar-refractivity contribution in [3.8, 4) is 0 Å². The average Bonchev–Trinajstić information content (AvgIpc) is 2.68. The number of rotatable bonds is 10. The van der Waals surface area contributed by atoms with E-state index >= 15 is 0 Å². The highest BCUT2D eigenvalue weighted by Gasteiger charge is 2.20. The van der Waals surface area contributed by atoms with Crippen LogP contribution >= 0.6 is 0 Å². The molecule has 1 aliphatic rings. The van der Waals surface area contributed by atoms with Gasteiger partial charge in [-0.05, 0) is 50.1 Å². The molecule has 6 nitrogen and oxygen atoms in total. The number of piperidine rings is 1. The van der Waals surface area contributed by atoms with Gasteiger partial charge in [0.15, 0.2) is 0 Å². The van der Waals surface area contributed by atoms with E-state index in [9.17, 15) is 19.2 Å². The Bertz CT molecular complexity index is 639. The summed E-state index contributed by atoms with van der Waals surface area (Å²) in [6.45, 7) is 2.08. The molecule has 0 aliphatic carbocycles. The van der Waals surface area contributed by atoms with Crippen molar-refractivity contribution in [3.63, 3.8) is 0 Å². The van der Waals surface area contributed by atoms with E-state index in [1.807, 2.05) is 24.1 Å². The standard InChI is InChI=1S/C20H26N2O4/c1-21(20(15-26)3-2-10-23)12-18-11-19(5-4-17(18)14-25)22-8-6-16(13-24)7-9-22/h4-5,10-11,13-16,20H,2-3,6-9,12H2,1H3. The number of hydrogen-bond donors (Lipinski definition) is 0. The number of anilines is 1. The summed E-state index contributed by atoms with van der Waals surface area (Å²) in [6.07, 6.45) is 6.00. The van der Waals surface area contributed by atoms with Crippen molar-refractivity contribution < 1.29 is 19.2 Å². The van der Waals surface area contributed by atoms with Crippen LogP contribution < -0.4 is 4.90 Å². The largest absolute Gasteiger partial charge is 0.371 e. The maximum absolute atomic E-state index is 11.4. The molecule has 0 bridgehead atoms. The van der Waals surface area contributed by atoms with Gasteiger partial charge in [-0.25, -0.2) is 0 Å². The summed E-state index contributed by atoms with van der Waals surface area (Å²) in [7, 11) is 1.82. The molecule has 1 aromatic carbocycles. The fraction of sp³-hybridized carbons (Fsp3) is 0.500. The molecule has 0 radical (unpaired) electrons. The van der Waals surface area contributed by atoms with Crippen molar-refractivity contribution in [3.05, 3.63) is 29.3 Å². The Kier molecular flexibility index (Phi) is 7.66. The van der Waals surface area contributed by atoms with Gasteiger partial charge in [-0.1, -0.05) is 0 Å². The summed E-state index contributed by atoms with van der Waals surface area (Å²) in [4.78, 5) is 48.3. The van der Waals surface area contributed by atoms with Crippen molar-refractivity contribution in [2.45, 2.75) is 38.3 Å². The topological polar surface area (TPSA) is 74.8 Å². The molecule has 6 heteroatoms. The van der Waals surface area contributed by atoms with E-state index in [0.29, 0.717) is 24.9 Å². The third-order valence-corrected chi connectivity index (χ3v) is 5.07. The average molecular weight is 358 g/mol. The summed E-state index contributed by atoms with van der Waals surface area (Å²) in [5, 5.41) is 0. The van der Waals surface area contributed by atoms with Crippen molar-refractivity contribution in [2.75, 3.05) is 25.0 Å². The normalized spacial score (nSPS) is 16.3. The number of carbonyl (C=O) groups is 4. The van der Waals surface area contributed by atoms with Crippen molar-refractivity contribution in [1.29, 1.82) is 0 Å².